The number of aryl methyl sites for hydroxylation is 2. The molecule has 4 rings (SSSR count). The number of nitrogens with one attached hydrogen (secondary N) is 2. The van der Waals surface area contributed by atoms with Crippen molar-refractivity contribution in [2.24, 2.45) is 0 Å². The van der Waals surface area contributed by atoms with Crippen molar-refractivity contribution in [3.63, 3.8) is 0 Å². The molecule has 0 radical (unpaired) electrons. The number of hydrogen-bond donors (Lipinski definition) is 3. The highest BCUT2D eigenvalue weighted by Crippen LogP contribution is 2.30. The number of nitrogens with zero attached hydrogens (tertiary/aromatic N) is 2. The molecule has 0 bridgehead atoms. The van der Waals surface area contributed by atoms with Crippen molar-refractivity contribution in [2.75, 3.05) is 34.2 Å². The molecule has 0 aromatic heterocycles. The van der Waals surface area contributed by atoms with E-state index in [1.807, 2.05) is 16.9 Å². The Labute approximate surface area is 182 Å². The highest BCUT2D eigenvalue weighted by atomic mass is 32.2. The van der Waals surface area contributed by atoms with Crippen LogP contribution in [0.25, 0.3) is 0 Å². The second-order valence-electron chi connectivity index (χ2n) is 7.78. The van der Waals surface area contributed by atoms with E-state index in [9.17, 15) is 23.6 Å². The Bertz CT molecular complexity index is 1060. The molecular weight excluding hydrogens is 419 g/mol. The van der Waals surface area contributed by atoms with Crippen molar-refractivity contribution in [3.8, 4) is 0 Å². The van der Waals surface area contributed by atoms with Crippen LogP contribution in [0.2, 0.25) is 6.82 Å². The molecule has 0 unspecified atom stereocenters. The van der Waals surface area contributed by atoms with E-state index in [0.717, 1.165) is 62.0 Å². The highest BCUT2D eigenvalue weighted by Gasteiger charge is 2.23. The molecular formula is C20H27BN4O5S. The average molecular weight is 446 g/mol. The number of hydrogen-bond acceptors (Lipinski definition) is 7. The number of fused-ring (bicyclic) bond motifs is 2. The number of rotatable bonds is 4. The first-order valence-electron chi connectivity index (χ1n) is 10.2. The van der Waals surface area contributed by atoms with Gasteiger partial charge in [0.15, 0.2) is 0 Å². The number of anilines is 3. The summed E-state index contributed by atoms with van der Waals surface area (Å²) in [5.41, 5.74) is 4.83. The van der Waals surface area contributed by atoms with Gasteiger partial charge in [-0.1, -0.05) is 12.1 Å². The van der Waals surface area contributed by atoms with Crippen LogP contribution in [0.15, 0.2) is 36.4 Å². The van der Waals surface area contributed by atoms with Crippen LogP contribution in [0.5, 0.6) is 0 Å². The Morgan fingerprint density at radius 1 is 1.16 bits per heavy atom. The third kappa shape index (κ3) is 6.11. The Hall–Kier alpha value is -2.79. The summed E-state index contributed by atoms with van der Waals surface area (Å²) in [6.07, 6.45) is 5.19. The number of nitro groups is 1. The maximum absolute atomic E-state index is 11.2. The van der Waals surface area contributed by atoms with Gasteiger partial charge in [0.05, 0.1) is 16.9 Å². The quantitative estimate of drug-likeness (QED) is 0.375. The molecule has 31 heavy (non-hydrogen) atoms. The lowest BCUT2D eigenvalue weighted by atomic mass is 9.81. The third-order valence-corrected chi connectivity index (χ3v) is 5.84. The van der Waals surface area contributed by atoms with E-state index in [0.29, 0.717) is 5.69 Å². The normalized spacial score (nSPS) is 14.9. The van der Waals surface area contributed by atoms with Crippen molar-refractivity contribution >= 4 is 39.8 Å². The Kier molecular flexibility index (Phi) is 7.06. The zero-order valence-electron chi connectivity index (χ0n) is 17.7. The minimum atomic E-state index is -3.27. The predicted octanol–water partition coefficient (Wildman–Crippen LogP) is 2.87. The molecule has 3 N–H and O–H groups in total. The molecule has 9 nitrogen and oxygen atoms in total. The fourth-order valence-electron chi connectivity index (χ4n) is 3.83. The van der Waals surface area contributed by atoms with E-state index in [-0.39, 0.29) is 10.6 Å². The molecule has 2 aliphatic heterocycles. The highest BCUT2D eigenvalue weighted by molar-refractivity contribution is 7.92. The number of non-ortho nitro benzene ring substituents is 1. The van der Waals surface area contributed by atoms with Crippen molar-refractivity contribution < 1.29 is 18.4 Å². The van der Waals surface area contributed by atoms with Gasteiger partial charge in [0, 0.05) is 36.6 Å². The third-order valence-electron chi connectivity index (χ3n) is 5.24. The first-order chi connectivity index (χ1) is 14.6. The summed E-state index contributed by atoms with van der Waals surface area (Å²) in [5, 5.41) is 23.4. The van der Waals surface area contributed by atoms with Gasteiger partial charge in [-0.25, -0.2) is 8.42 Å². The van der Waals surface area contributed by atoms with Gasteiger partial charge in [0.1, 0.15) is 0 Å². The van der Waals surface area contributed by atoms with Gasteiger partial charge in [-0.15, -0.1) is 0 Å². The first-order valence-corrected chi connectivity index (χ1v) is 12.1. The molecule has 11 heteroatoms. The van der Waals surface area contributed by atoms with Crippen LogP contribution < -0.4 is 14.8 Å². The Morgan fingerprint density at radius 2 is 1.87 bits per heavy atom. The van der Waals surface area contributed by atoms with Gasteiger partial charge in [0.25, 0.3) is 5.69 Å². The summed E-state index contributed by atoms with van der Waals surface area (Å²) >= 11 is 0. The molecule has 2 aromatic carbocycles. The fraction of sp³-hybridized carbons (Fsp3) is 0.400. The maximum atomic E-state index is 11.2. The zero-order chi connectivity index (χ0) is 22.6. The van der Waals surface area contributed by atoms with Crippen LogP contribution in [0.3, 0.4) is 0 Å². The van der Waals surface area contributed by atoms with Crippen molar-refractivity contribution in [1.82, 2.24) is 0 Å². The topological polar surface area (TPSA) is 125 Å². The van der Waals surface area contributed by atoms with Crippen LogP contribution in [0.4, 0.5) is 22.7 Å². The maximum Gasteiger partial charge on any atom is 0.409 e. The van der Waals surface area contributed by atoms with E-state index in [1.54, 1.807) is 31.1 Å². The summed E-state index contributed by atoms with van der Waals surface area (Å²) in [4.78, 5) is 12.0. The Balaban J connectivity index is 0.000000185. The lowest BCUT2D eigenvalue weighted by Crippen LogP contribution is -2.40. The minimum Gasteiger partial charge on any atom is -0.432 e. The molecule has 0 aliphatic carbocycles. The fourth-order valence-corrected chi connectivity index (χ4v) is 4.39. The van der Waals surface area contributed by atoms with E-state index in [4.69, 9.17) is 0 Å². The zero-order valence-corrected chi connectivity index (χ0v) is 18.5. The molecule has 0 saturated heterocycles. The standard InChI is InChI=1S/C11H17BN2O3S.C9H10N2O2/c1-12(15)14-7-3-4-9-5-6-10(8-11(9)14)13-18(2,16)17;12-11(13)8-4-3-7-2-1-5-10-9(7)6-8/h5-6,8,13,15H,3-4,7H2,1-2H3;3-4,6,10H,1-2,5H2. The first kappa shape index (κ1) is 22.9. The average Bonchev–Trinajstić information content (AvgIpc) is 2.72. The lowest BCUT2D eigenvalue weighted by molar-refractivity contribution is -0.384. The molecule has 0 fully saturated rings. The number of sulfonamides is 1. The van der Waals surface area contributed by atoms with Crippen LogP contribution in [-0.2, 0) is 22.9 Å². The predicted molar refractivity (Wildman–Crippen MR) is 124 cm³/mol. The molecule has 0 spiro atoms. The van der Waals surface area contributed by atoms with Gasteiger partial charge < -0.3 is 15.2 Å². The van der Waals surface area contributed by atoms with E-state index < -0.39 is 17.1 Å². The molecule has 2 heterocycles. The smallest absolute Gasteiger partial charge is 0.409 e. The van der Waals surface area contributed by atoms with Gasteiger partial charge in [0.2, 0.25) is 10.0 Å². The number of nitro benzene ring substituents is 1. The van der Waals surface area contributed by atoms with Gasteiger partial charge in [-0.3, -0.25) is 14.8 Å². The summed E-state index contributed by atoms with van der Waals surface area (Å²) < 4.78 is 24.9. The molecule has 2 aromatic rings. The summed E-state index contributed by atoms with van der Waals surface area (Å²) in [6, 6.07) is 10.4. The SMILES string of the molecule is CB(O)N1CCCc2ccc(NS(C)(=O)=O)cc21.O=[N+]([O-])c1ccc2c(c1)NCCC2. The Morgan fingerprint density at radius 3 is 2.55 bits per heavy atom. The lowest BCUT2D eigenvalue weighted by Gasteiger charge is -2.32. The van der Waals surface area contributed by atoms with E-state index in [2.05, 4.69) is 10.0 Å². The van der Waals surface area contributed by atoms with Crippen LogP contribution in [0.1, 0.15) is 24.0 Å². The largest absolute Gasteiger partial charge is 0.432 e. The molecule has 0 saturated carbocycles. The second-order valence-corrected chi connectivity index (χ2v) is 9.52. The molecule has 2 aliphatic rings. The summed E-state index contributed by atoms with van der Waals surface area (Å²) in [5.74, 6) is 0. The van der Waals surface area contributed by atoms with Crippen LogP contribution in [0, 0.1) is 10.1 Å². The second kappa shape index (κ2) is 9.57. The van der Waals surface area contributed by atoms with Gasteiger partial charge >= 0.3 is 7.05 Å². The molecule has 166 valence electrons. The minimum absolute atomic E-state index is 0.160. The molecule has 0 amide bonds. The van der Waals surface area contributed by atoms with E-state index >= 15 is 0 Å². The monoisotopic (exact) mass is 446 g/mol. The summed E-state index contributed by atoms with van der Waals surface area (Å²) in [7, 11) is -3.84. The van der Waals surface area contributed by atoms with Crippen molar-refractivity contribution in [1.29, 1.82) is 0 Å². The van der Waals surface area contributed by atoms with Crippen molar-refractivity contribution in [2.45, 2.75) is 32.5 Å². The van der Waals surface area contributed by atoms with Crippen LogP contribution >= 0.6 is 0 Å². The molecule has 0 atom stereocenters. The van der Waals surface area contributed by atoms with Crippen molar-refractivity contribution in [3.05, 3.63) is 57.6 Å². The number of benzene rings is 2. The van der Waals surface area contributed by atoms with Gasteiger partial charge in [-0.05, 0) is 55.8 Å². The van der Waals surface area contributed by atoms with Crippen LogP contribution in [-0.4, -0.2) is 44.8 Å². The van der Waals surface area contributed by atoms with E-state index in [1.165, 1.54) is 5.56 Å². The van der Waals surface area contributed by atoms with Gasteiger partial charge in [-0.2, -0.15) is 0 Å². The summed E-state index contributed by atoms with van der Waals surface area (Å²) in [6.45, 7) is 3.41.